The topological polar surface area (TPSA) is 41.6 Å². The highest BCUT2D eigenvalue weighted by Crippen LogP contribution is 2.35. The Labute approximate surface area is 285 Å². The van der Waals surface area contributed by atoms with Crippen molar-refractivity contribution >= 4 is 21.7 Å². The van der Waals surface area contributed by atoms with E-state index < -0.39 is 0 Å². The third-order valence-electron chi connectivity index (χ3n) is 9.29. The molecule has 0 saturated heterocycles. The highest BCUT2D eigenvalue weighted by atomic mass is 14.9. The van der Waals surface area contributed by atoms with Gasteiger partial charge in [-0.05, 0) is 62.9 Å². The normalized spacial score (nSPS) is 11.3. The van der Waals surface area contributed by atoms with Gasteiger partial charge in [-0.2, -0.15) is 0 Å². The molecule has 9 aromatic rings. The van der Waals surface area contributed by atoms with Gasteiger partial charge in [0.05, 0.1) is 11.4 Å². The lowest BCUT2D eigenvalue weighted by Crippen LogP contribution is -1.96. The van der Waals surface area contributed by atoms with Crippen molar-refractivity contribution in [2.45, 2.75) is 0 Å². The molecule has 0 spiro atoms. The van der Waals surface area contributed by atoms with Gasteiger partial charge in [0.15, 0.2) is 5.82 Å². The first-order valence-corrected chi connectivity index (χ1v) is 16.6. The number of H-pyrrole nitrogens is 1. The number of aromatic nitrogens is 3. The Morgan fingerprint density at radius 2 is 0.918 bits per heavy atom. The van der Waals surface area contributed by atoms with Crippen LogP contribution in [0.1, 0.15) is 0 Å². The van der Waals surface area contributed by atoms with E-state index in [9.17, 15) is 0 Å². The number of rotatable bonds is 6. The highest BCUT2D eigenvalue weighted by molar-refractivity contribution is 5.97. The summed E-state index contributed by atoms with van der Waals surface area (Å²) in [5.41, 5.74) is 13.1. The predicted octanol–water partition coefficient (Wildman–Crippen LogP) is 12.1. The largest absolute Gasteiger partial charge is 0.361 e. The third-order valence-corrected chi connectivity index (χ3v) is 9.29. The first-order chi connectivity index (χ1) is 24.3. The molecule has 1 N–H and O–H groups in total. The van der Waals surface area contributed by atoms with Crippen LogP contribution in [0.4, 0.5) is 0 Å². The van der Waals surface area contributed by atoms with Gasteiger partial charge in [-0.1, -0.05) is 152 Å². The van der Waals surface area contributed by atoms with Gasteiger partial charge in [-0.3, -0.25) is 0 Å². The minimum atomic E-state index is 0.701. The molecular formula is C46H31N3. The van der Waals surface area contributed by atoms with Crippen molar-refractivity contribution in [3.8, 4) is 67.3 Å². The summed E-state index contributed by atoms with van der Waals surface area (Å²) in [7, 11) is 0. The lowest BCUT2D eigenvalue weighted by Gasteiger charge is -2.12. The Morgan fingerprint density at radius 1 is 0.347 bits per heavy atom. The average molecular weight is 626 g/mol. The molecule has 0 aliphatic rings. The van der Waals surface area contributed by atoms with Crippen molar-refractivity contribution in [2.24, 2.45) is 0 Å². The summed E-state index contributed by atoms with van der Waals surface area (Å²) in [6, 6.07) is 61.9. The van der Waals surface area contributed by atoms with Crippen LogP contribution in [0.2, 0.25) is 0 Å². The quantitative estimate of drug-likeness (QED) is 0.200. The fourth-order valence-corrected chi connectivity index (χ4v) is 6.79. The molecule has 2 aromatic heterocycles. The molecule has 0 fully saturated rings. The number of nitrogens with zero attached hydrogens (tertiary/aromatic N) is 2. The molecular weight excluding hydrogens is 595 g/mol. The monoisotopic (exact) mass is 625 g/mol. The summed E-state index contributed by atoms with van der Waals surface area (Å²) >= 11 is 0. The molecule has 3 nitrogen and oxygen atoms in total. The second-order valence-corrected chi connectivity index (χ2v) is 12.3. The number of para-hydroxylation sites is 1. The van der Waals surface area contributed by atoms with Gasteiger partial charge in [0.1, 0.15) is 0 Å². The van der Waals surface area contributed by atoms with Crippen molar-refractivity contribution < 1.29 is 0 Å². The summed E-state index contributed by atoms with van der Waals surface area (Å²) in [5.74, 6) is 0.701. The van der Waals surface area contributed by atoms with Crippen LogP contribution in [0.3, 0.4) is 0 Å². The molecule has 0 aliphatic carbocycles. The lowest BCUT2D eigenvalue weighted by molar-refractivity contribution is 1.18. The fraction of sp³-hybridized carbons (Fsp3) is 0. The number of hydrogen-bond donors (Lipinski definition) is 1. The Kier molecular flexibility index (Phi) is 7.14. The second kappa shape index (κ2) is 12.2. The van der Waals surface area contributed by atoms with Crippen molar-refractivity contribution in [3.63, 3.8) is 0 Å². The van der Waals surface area contributed by atoms with Gasteiger partial charge in [0, 0.05) is 39.4 Å². The maximum absolute atomic E-state index is 5.16. The van der Waals surface area contributed by atoms with Crippen LogP contribution in [-0.2, 0) is 0 Å². The molecule has 7 aromatic carbocycles. The van der Waals surface area contributed by atoms with E-state index in [1.54, 1.807) is 0 Å². The molecule has 9 rings (SSSR count). The summed E-state index contributed by atoms with van der Waals surface area (Å²) in [6.07, 6.45) is 2.10. The summed E-state index contributed by atoms with van der Waals surface area (Å²) in [5, 5.41) is 3.70. The Morgan fingerprint density at radius 3 is 1.73 bits per heavy atom. The van der Waals surface area contributed by atoms with Crippen LogP contribution in [0, 0.1) is 0 Å². The van der Waals surface area contributed by atoms with Gasteiger partial charge < -0.3 is 4.98 Å². The van der Waals surface area contributed by atoms with E-state index in [1.165, 1.54) is 38.4 Å². The maximum Gasteiger partial charge on any atom is 0.160 e. The van der Waals surface area contributed by atoms with Gasteiger partial charge in [-0.25, -0.2) is 9.97 Å². The molecule has 0 unspecified atom stereocenters. The average Bonchev–Trinajstić information content (AvgIpc) is 3.62. The van der Waals surface area contributed by atoms with E-state index in [0.29, 0.717) is 5.82 Å². The zero-order valence-corrected chi connectivity index (χ0v) is 26.7. The summed E-state index contributed by atoms with van der Waals surface area (Å²) < 4.78 is 0. The molecule has 49 heavy (non-hydrogen) atoms. The first-order valence-electron chi connectivity index (χ1n) is 16.6. The van der Waals surface area contributed by atoms with E-state index in [0.717, 1.165) is 44.7 Å². The lowest BCUT2D eigenvalue weighted by atomic mass is 9.96. The van der Waals surface area contributed by atoms with Gasteiger partial charge in [-0.15, -0.1) is 0 Å². The van der Waals surface area contributed by atoms with Gasteiger partial charge >= 0.3 is 0 Å². The van der Waals surface area contributed by atoms with Crippen LogP contribution >= 0.6 is 0 Å². The van der Waals surface area contributed by atoms with Crippen LogP contribution in [0.15, 0.2) is 182 Å². The maximum atomic E-state index is 5.16. The summed E-state index contributed by atoms with van der Waals surface area (Å²) in [6.45, 7) is 0. The molecule has 3 heteroatoms. The van der Waals surface area contributed by atoms with Crippen molar-refractivity contribution in [2.75, 3.05) is 0 Å². The first kappa shape index (κ1) is 28.6. The predicted molar refractivity (Wildman–Crippen MR) is 204 cm³/mol. The van der Waals surface area contributed by atoms with Crippen molar-refractivity contribution in [1.29, 1.82) is 0 Å². The Balaban J connectivity index is 1.11. The fourth-order valence-electron chi connectivity index (χ4n) is 6.79. The van der Waals surface area contributed by atoms with Crippen LogP contribution in [0.25, 0.3) is 89.0 Å². The molecule has 0 aliphatic heterocycles. The van der Waals surface area contributed by atoms with Gasteiger partial charge in [0.2, 0.25) is 0 Å². The summed E-state index contributed by atoms with van der Waals surface area (Å²) in [4.78, 5) is 13.7. The molecule has 0 amide bonds. The molecule has 0 radical (unpaired) electrons. The number of nitrogens with one attached hydrogen (secondary N) is 1. The van der Waals surface area contributed by atoms with E-state index >= 15 is 0 Å². The van der Waals surface area contributed by atoms with E-state index in [-0.39, 0.29) is 0 Å². The van der Waals surface area contributed by atoms with Crippen LogP contribution in [-0.4, -0.2) is 15.0 Å². The number of aromatic amines is 1. The zero-order valence-electron chi connectivity index (χ0n) is 26.7. The number of fused-ring (bicyclic) bond motifs is 2. The van der Waals surface area contributed by atoms with E-state index in [4.69, 9.17) is 9.97 Å². The Hall–Kier alpha value is -6.58. The van der Waals surface area contributed by atoms with Gasteiger partial charge in [0.25, 0.3) is 0 Å². The number of benzene rings is 7. The SMILES string of the molecule is c1ccc(-c2cc(-c3cccc(-c4cccc(-c5c[nH]c6ccccc56)c4)c3)nc(-c3ccc(-c4cccc5ccccc45)cc3)n2)cc1. The van der Waals surface area contributed by atoms with E-state index in [1.807, 2.05) is 6.07 Å². The minimum absolute atomic E-state index is 0.701. The molecule has 0 atom stereocenters. The zero-order chi connectivity index (χ0) is 32.6. The van der Waals surface area contributed by atoms with Crippen LogP contribution in [0.5, 0.6) is 0 Å². The highest BCUT2D eigenvalue weighted by Gasteiger charge is 2.13. The molecule has 0 saturated carbocycles. The van der Waals surface area contributed by atoms with Crippen LogP contribution < -0.4 is 0 Å². The Bertz CT molecular complexity index is 2590. The third kappa shape index (κ3) is 5.48. The van der Waals surface area contributed by atoms with Crippen molar-refractivity contribution in [1.82, 2.24) is 15.0 Å². The smallest absolute Gasteiger partial charge is 0.160 e. The molecule has 230 valence electrons. The minimum Gasteiger partial charge on any atom is -0.361 e. The molecule has 2 heterocycles. The molecule has 0 bridgehead atoms. The second-order valence-electron chi connectivity index (χ2n) is 12.3. The number of hydrogen-bond acceptors (Lipinski definition) is 2. The standard InChI is InChI=1S/C46H31N3/c1-2-12-33(13-3-1)44-29-45(49-46(48-44)34-25-23-32(24-26-34)40-21-10-14-31-11-4-5-19-39(31)40)38-18-9-16-36(28-38)35-15-8-17-37(27-35)42-30-47-43-22-7-6-20-41(42)43/h1-30,47H. The van der Waals surface area contributed by atoms with Crippen molar-refractivity contribution in [3.05, 3.63) is 182 Å². The van der Waals surface area contributed by atoms with E-state index in [2.05, 4.69) is 181 Å².